The molecule has 0 spiro atoms. The van der Waals surface area contributed by atoms with Gasteiger partial charge in [-0.1, -0.05) is 0 Å². The lowest BCUT2D eigenvalue weighted by Crippen LogP contribution is -2.54. The van der Waals surface area contributed by atoms with E-state index in [1.807, 2.05) is 0 Å². The van der Waals surface area contributed by atoms with Gasteiger partial charge in [-0.05, 0) is 19.3 Å². The zero-order chi connectivity index (χ0) is 20.3. The number of carbonyl (C=O) groups is 2. The van der Waals surface area contributed by atoms with E-state index < -0.39 is 30.3 Å². The molecule has 28 heavy (non-hydrogen) atoms. The molecule has 11 nitrogen and oxygen atoms in total. The molecular weight excluding hydrogens is 368 g/mol. The third-order valence-electron chi connectivity index (χ3n) is 5.02. The molecule has 0 saturated heterocycles. The number of nitrogens with one attached hydrogen (secondary N) is 2. The van der Waals surface area contributed by atoms with Crippen LogP contribution >= 0.6 is 0 Å². The summed E-state index contributed by atoms with van der Waals surface area (Å²) in [5, 5.41) is 35.4. The van der Waals surface area contributed by atoms with E-state index in [-0.39, 0.29) is 25.2 Å². The molecule has 5 N–H and O–H groups in total. The van der Waals surface area contributed by atoms with Crippen LogP contribution in [-0.4, -0.2) is 72.0 Å². The summed E-state index contributed by atoms with van der Waals surface area (Å²) >= 11 is 0. The van der Waals surface area contributed by atoms with Gasteiger partial charge in [-0.25, -0.2) is 15.0 Å². The Labute approximate surface area is 160 Å². The Kier molecular flexibility index (Phi) is 6.05. The predicted octanol–water partition coefficient (Wildman–Crippen LogP) is -0.336. The molecule has 0 aromatic carbocycles. The topological polar surface area (TPSA) is 162 Å². The maximum Gasteiger partial charge on any atom is 0.303 e. The lowest BCUT2D eigenvalue weighted by molar-refractivity contribution is -0.137. The molecule has 11 heteroatoms. The second-order valence-electron chi connectivity index (χ2n) is 6.84. The summed E-state index contributed by atoms with van der Waals surface area (Å²) < 4.78 is 1.72. The fraction of sp³-hybridized carbons (Fsp3) is 0.588. The van der Waals surface area contributed by atoms with Crippen LogP contribution in [0.4, 0.5) is 5.82 Å². The quantitative estimate of drug-likeness (QED) is 0.424. The molecule has 0 radical (unpaired) electrons. The lowest BCUT2D eigenvalue weighted by Gasteiger charge is -2.38. The van der Waals surface area contributed by atoms with E-state index >= 15 is 0 Å². The van der Waals surface area contributed by atoms with Crippen LogP contribution in [0.3, 0.4) is 0 Å². The smallest absolute Gasteiger partial charge is 0.303 e. The van der Waals surface area contributed by atoms with Gasteiger partial charge in [0, 0.05) is 19.9 Å². The van der Waals surface area contributed by atoms with Crippen LogP contribution in [0.15, 0.2) is 12.7 Å². The van der Waals surface area contributed by atoms with Gasteiger partial charge in [-0.2, -0.15) is 0 Å². The molecular formula is C17H24N6O5. The van der Waals surface area contributed by atoms with Crippen molar-refractivity contribution in [1.82, 2.24) is 24.8 Å². The van der Waals surface area contributed by atoms with Crippen LogP contribution in [0.2, 0.25) is 0 Å². The number of aliphatic hydroxyl groups is 2. The number of hydrogen-bond acceptors (Lipinski definition) is 8. The van der Waals surface area contributed by atoms with Gasteiger partial charge in [0.2, 0.25) is 5.91 Å². The van der Waals surface area contributed by atoms with E-state index in [0.717, 1.165) is 0 Å². The largest absolute Gasteiger partial charge is 0.481 e. The summed E-state index contributed by atoms with van der Waals surface area (Å²) in [5.41, 5.74) is 1.12. The van der Waals surface area contributed by atoms with Crippen LogP contribution in [0.25, 0.3) is 11.2 Å². The first-order chi connectivity index (χ1) is 13.4. The molecule has 0 bridgehead atoms. The van der Waals surface area contributed by atoms with Gasteiger partial charge in [-0.3, -0.25) is 9.59 Å². The van der Waals surface area contributed by atoms with Gasteiger partial charge in [0.1, 0.15) is 24.1 Å². The zero-order valence-corrected chi connectivity index (χ0v) is 15.4. The maximum absolute atomic E-state index is 12.0. The number of carbonyl (C=O) groups excluding carboxylic acids is 1. The van der Waals surface area contributed by atoms with Crippen LogP contribution < -0.4 is 10.6 Å². The van der Waals surface area contributed by atoms with Crippen molar-refractivity contribution in [2.24, 2.45) is 0 Å². The summed E-state index contributed by atoms with van der Waals surface area (Å²) in [6.07, 6.45) is 1.84. The predicted molar refractivity (Wildman–Crippen MR) is 98.6 cm³/mol. The second-order valence-corrected chi connectivity index (χ2v) is 6.84. The first kappa shape index (κ1) is 20.0. The van der Waals surface area contributed by atoms with Gasteiger partial charge in [0.05, 0.1) is 18.4 Å². The summed E-state index contributed by atoms with van der Waals surface area (Å²) in [4.78, 5) is 35.1. The molecule has 2 heterocycles. The van der Waals surface area contributed by atoms with E-state index in [4.69, 9.17) is 5.11 Å². The van der Waals surface area contributed by atoms with Crippen LogP contribution in [0, 0.1) is 0 Å². The van der Waals surface area contributed by atoms with Crippen molar-refractivity contribution in [3.05, 3.63) is 12.7 Å². The number of hydrogen-bond donors (Lipinski definition) is 5. The SMILES string of the molecule is CNc1ncnc2c1ncn2[C@@H]1CC[C@@H](NC(=O)CCCC(=O)O)[C@H](O)[C@H]1O. The van der Waals surface area contributed by atoms with Crippen LogP contribution in [0.5, 0.6) is 0 Å². The molecule has 2 aromatic heterocycles. The first-order valence-electron chi connectivity index (χ1n) is 9.15. The molecule has 0 unspecified atom stereocenters. The summed E-state index contributed by atoms with van der Waals surface area (Å²) in [5.74, 6) is -0.724. The normalized spacial score (nSPS) is 24.8. The molecule has 1 amide bonds. The molecule has 0 aliphatic heterocycles. The van der Waals surface area contributed by atoms with Gasteiger partial charge in [0.25, 0.3) is 0 Å². The Bertz CT molecular complexity index is 856. The molecule has 1 aliphatic carbocycles. The van der Waals surface area contributed by atoms with Gasteiger partial charge >= 0.3 is 5.97 Å². The Morgan fingerprint density at radius 2 is 1.96 bits per heavy atom. The van der Waals surface area contributed by atoms with Crippen molar-refractivity contribution in [3.63, 3.8) is 0 Å². The van der Waals surface area contributed by atoms with E-state index in [9.17, 15) is 19.8 Å². The lowest BCUT2D eigenvalue weighted by atomic mass is 9.85. The van der Waals surface area contributed by atoms with Crippen molar-refractivity contribution in [2.45, 2.75) is 56.4 Å². The van der Waals surface area contributed by atoms with Gasteiger partial charge in [-0.15, -0.1) is 0 Å². The number of carboxylic acid groups (broad SMARTS) is 1. The van der Waals surface area contributed by atoms with Crippen LogP contribution in [0.1, 0.15) is 38.1 Å². The highest BCUT2D eigenvalue weighted by Crippen LogP contribution is 2.32. The molecule has 2 aromatic rings. The van der Waals surface area contributed by atoms with E-state index in [2.05, 4.69) is 25.6 Å². The van der Waals surface area contributed by atoms with Crippen LogP contribution in [-0.2, 0) is 9.59 Å². The Morgan fingerprint density at radius 3 is 2.68 bits per heavy atom. The van der Waals surface area contributed by atoms with Crippen molar-refractivity contribution in [1.29, 1.82) is 0 Å². The number of amides is 1. The number of rotatable bonds is 7. The first-order valence-corrected chi connectivity index (χ1v) is 9.15. The Balaban J connectivity index is 1.67. The number of imidazole rings is 1. The monoisotopic (exact) mass is 392 g/mol. The van der Waals surface area contributed by atoms with Gasteiger partial charge in [0.15, 0.2) is 11.5 Å². The number of aliphatic carboxylic acids is 1. The number of nitrogens with zero attached hydrogens (tertiary/aromatic N) is 4. The van der Waals surface area contributed by atoms with E-state index in [1.54, 1.807) is 17.9 Å². The summed E-state index contributed by atoms with van der Waals surface area (Å²) in [6, 6.07) is -1.04. The number of fused-ring (bicyclic) bond motifs is 1. The Hall–Kier alpha value is -2.79. The minimum absolute atomic E-state index is 0.0604. The average molecular weight is 392 g/mol. The van der Waals surface area contributed by atoms with Crippen molar-refractivity contribution in [2.75, 3.05) is 12.4 Å². The van der Waals surface area contributed by atoms with Gasteiger partial charge < -0.3 is 30.5 Å². The zero-order valence-electron chi connectivity index (χ0n) is 15.4. The molecule has 3 rings (SSSR count). The average Bonchev–Trinajstić information content (AvgIpc) is 3.09. The number of aromatic nitrogens is 4. The third kappa shape index (κ3) is 4.04. The van der Waals surface area contributed by atoms with Crippen molar-refractivity contribution in [3.8, 4) is 0 Å². The fourth-order valence-electron chi connectivity index (χ4n) is 3.58. The van der Waals surface area contributed by atoms with Crippen molar-refractivity contribution >= 4 is 28.9 Å². The summed E-state index contributed by atoms with van der Waals surface area (Å²) in [7, 11) is 1.73. The minimum atomic E-state index is -1.16. The van der Waals surface area contributed by atoms with E-state index in [0.29, 0.717) is 29.8 Å². The highest BCUT2D eigenvalue weighted by Gasteiger charge is 2.39. The molecule has 152 valence electrons. The fourth-order valence-corrected chi connectivity index (χ4v) is 3.58. The maximum atomic E-state index is 12.0. The number of aliphatic hydroxyl groups excluding tert-OH is 2. The molecule has 1 aliphatic rings. The summed E-state index contributed by atoms with van der Waals surface area (Å²) in [6.45, 7) is 0. The Morgan fingerprint density at radius 1 is 1.18 bits per heavy atom. The minimum Gasteiger partial charge on any atom is -0.481 e. The molecule has 1 saturated carbocycles. The van der Waals surface area contributed by atoms with E-state index in [1.165, 1.54) is 6.33 Å². The second kappa shape index (κ2) is 8.48. The van der Waals surface area contributed by atoms with Crippen molar-refractivity contribution < 1.29 is 24.9 Å². The molecule has 1 fully saturated rings. The number of anilines is 1. The standard InChI is InChI=1S/C17H24N6O5/c1-18-16-13-17(20-7-19-16)23(8-21-13)10-6-5-9(14(27)15(10)28)22-11(24)3-2-4-12(25)26/h7-10,14-15,27-28H,2-6H2,1H3,(H,22,24)(H,25,26)(H,18,19,20)/t9-,10-,14+,15+/m1/s1. The highest BCUT2D eigenvalue weighted by atomic mass is 16.4. The number of carboxylic acids is 1. The molecule has 4 atom stereocenters. The highest BCUT2D eigenvalue weighted by molar-refractivity contribution is 5.82. The third-order valence-corrected chi connectivity index (χ3v) is 5.02.